The normalized spacial score (nSPS) is 12.2. The van der Waals surface area contributed by atoms with Crippen molar-refractivity contribution in [2.24, 2.45) is 5.73 Å². The Morgan fingerprint density at radius 2 is 2.35 bits per heavy atom. The van der Waals surface area contributed by atoms with Crippen LogP contribution in [-0.2, 0) is 11.2 Å². The van der Waals surface area contributed by atoms with Crippen LogP contribution in [0.25, 0.3) is 5.69 Å². The molecule has 0 radical (unpaired) electrons. The fraction of sp³-hybridized carbons (Fsp3) is 0.250. The van der Waals surface area contributed by atoms with Gasteiger partial charge in [-0.2, -0.15) is 0 Å². The van der Waals surface area contributed by atoms with E-state index in [9.17, 15) is 4.79 Å². The highest BCUT2D eigenvalue weighted by Crippen LogP contribution is 2.25. The van der Waals surface area contributed by atoms with E-state index in [1.165, 1.54) is 4.68 Å². The highest BCUT2D eigenvalue weighted by atomic mass is 79.9. The summed E-state index contributed by atoms with van der Waals surface area (Å²) in [5.41, 5.74) is 6.72. The van der Waals surface area contributed by atoms with Crippen LogP contribution >= 0.6 is 15.9 Å². The summed E-state index contributed by atoms with van der Waals surface area (Å²) in [6, 6.07) is 4.44. The third-order valence-corrected chi connectivity index (χ3v) is 3.36. The number of ether oxygens (including phenoxy) is 1. The number of halogens is 1. The molecule has 0 bridgehead atoms. The summed E-state index contributed by atoms with van der Waals surface area (Å²) in [6.45, 7) is 0. The largest absolute Gasteiger partial charge is 0.497 e. The van der Waals surface area contributed by atoms with Gasteiger partial charge < -0.3 is 15.6 Å². The van der Waals surface area contributed by atoms with Gasteiger partial charge in [-0.3, -0.25) is 4.79 Å². The lowest BCUT2D eigenvalue weighted by Crippen LogP contribution is -2.32. The molecule has 106 valence electrons. The Labute approximate surface area is 123 Å². The van der Waals surface area contributed by atoms with E-state index in [-0.39, 0.29) is 6.42 Å². The van der Waals surface area contributed by atoms with Crippen molar-refractivity contribution in [1.82, 2.24) is 15.0 Å². The summed E-state index contributed by atoms with van der Waals surface area (Å²) in [7, 11) is 1.58. The monoisotopic (exact) mass is 340 g/mol. The van der Waals surface area contributed by atoms with Crippen LogP contribution in [0.1, 0.15) is 5.69 Å². The Balaban J connectivity index is 2.26. The zero-order chi connectivity index (χ0) is 14.7. The van der Waals surface area contributed by atoms with Gasteiger partial charge in [-0.25, -0.2) is 4.68 Å². The van der Waals surface area contributed by atoms with Crippen LogP contribution in [0.15, 0.2) is 28.9 Å². The van der Waals surface area contributed by atoms with Gasteiger partial charge in [0.15, 0.2) is 0 Å². The molecule has 20 heavy (non-hydrogen) atoms. The second-order valence-corrected chi connectivity index (χ2v) is 4.97. The smallest absolute Gasteiger partial charge is 0.320 e. The standard InChI is InChI=1S/C12H13BrN4O3/c1-20-8-2-3-9(13)11(5-8)17-6-7(15-16-17)4-10(14)12(18)19/h2-3,5-6,10H,4,14H2,1H3,(H,18,19). The molecule has 2 rings (SSSR count). The van der Waals surface area contributed by atoms with E-state index in [1.807, 2.05) is 12.1 Å². The van der Waals surface area contributed by atoms with Crippen molar-refractivity contribution in [1.29, 1.82) is 0 Å². The number of carboxylic acids is 1. The molecule has 2 aromatic rings. The van der Waals surface area contributed by atoms with Crippen molar-refractivity contribution in [3.63, 3.8) is 0 Å². The molecule has 0 fully saturated rings. The maximum absolute atomic E-state index is 10.7. The van der Waals surface area contributed by atoms with Crippen LogP contribution in [0, 0.1) is 0 Å². The van der Waals surface area contributed by atoms with Crippen LogP contribution in [0.5, 0.6) is 5.75 Å². The lowest BCUT2D eigenvalue weighted by Gasteiger charge is -2.06. The minimum absolute atomic E-state index is 0.122. The summed E-state index contributed by atoms with van der Waals surface area (Å²) in [5, 5.41) is 16.7. The number of carbonyl (C=O) groups is 1. The Morgan fingerprint density at radius 3 is 3.00 bits per heavy atom. The first-order valence-corrected chi connectivity index (χ1v) is 6.54. The second-order valence-electron chi connectivity index (χ2n) is 4.12. The van der Waals surface area contributed by atoms with E-state index in [0.29, 0.717) is 11.4 Å². The Bertz CT molecular complexity index is 629. The van der Waals surface area contributed by atoms with Gasteiger partial charge >= 0.3 is 5.97 Å². The molecule has 3 N–H and O–H groups in total. The SMILES string of the molecule is COc1ccc(Br)c(-n2cc(CC(N)C(=O)O)nn2)c1. The average Bonchev–Trinajstić information content (AvgIpc) is 2.87. The topological polar surface area (TPSA) is 103 Å². The lowest BCUT2D eigenvalue weighted by atomic mass is 10.2. The summed E-state index contributed by atoms with van der Waals surface area (Å²) in [6.07, 6.45) is 1.76. The predicted octanol–water partition coefficient (Wildman–Crippen LogP) is 0.993. The fourth-order valence-corrected chi connectivity index (χ4v) is 2.05. The van der Waals surface area contributed by atoms with Gasteiger partial charge in [0.1, 0.15) is 11.8 Å². The number of rotatable bonds is 5. The van der Waals surface area contributed by atoms with Crippen LogP contribution < -0.4 is 10.5 Å². The molecule has 0 saturated heterocycles. The van der Waals surface area contributed by atoms with E-state index >= 15 is 0 Å². The third kappa shape index (κ3) is 3.14. The minimum Gasteiger partial charge on any atom is -0.497 e. The number of nitrogens with zero attached hydrogens (tertiary/aromatic N) is 3. The molecule has 0 saturated carbocycles. The molecule has 0 spiro atoms. The summed E-state index contributed by atoms with van der Waals surface area (Å²) in [4.78, 5) is 10.7. The van der Waals surface area contributed by atoms with Crippen molar-refractivity contribution >= 4 is 21.9 Å². The second kappa shape index (κ2) is 6.02. The number of benzene rings is 1. The van der Waals surface area contributed by atoms with Crippen LogP contribution in [0.2, 0.25) is 0 Å². The number of hydrogen-bond donors (Lipinski definition) is 2. The molecule has 7 nitrogen and oxygen atoms in total. The van der Waals surface area contributed by atoms with Gasteiger partial charge in [0.25, 0.3) is 0 Å². The van der Waals surface area contributed by atoms with Gasteiger partial charge in [-0.15, -0.1) is 5.10 Å². The predicted molar refractivity (Wildman–Crippen MR) is 74.9 cm³/mol. The number of aromatic nitrogens is 3. The molecule has 0 aliphatic heterocycles. The van der Waals surface area contributed by atoms with Gasteiger partial charge in [-0.1, -0.05) is 5.21 Å². The summed E-state index contributed by atoms with van der Waals surface area (Å²) >= 11 is 3.42. The maximum Gasteiger partial charge on any atom is 0.320 e. The quantitative estimate of drug-likeness (QED) is 0.841. The molecule has 1 heterocycles. The van der Waals surface area contributed by atoms with Crippen molar-refractivity contribution in [2.75, 3.05) is 7.11 Å². The third-order valence-electron chi connectivity index (χ3n) is 2.69. The van der Waals surface area contributed by atoms with E-state index in [1.54, 1.807) is 19.4 Å². The first-order valence-electron chi connectivity index (χ1n) is 5.75. The Morgan fingerprint density at radius 1 is 1.60 bits per heavy atom. The molecule has 1 unspecified atom stereocenters. The molecule has 1 aromatic carbocycles. The van der Waals surface area contributed by atoms with Crippen LogP contribution in [-0.4, -0.2) is 39.2 Å². The first-order chi connectivity index (χ1) is 9.51. The summed E-state index contributed by atoms with van der Waals surface area (Å²) < 4.78 is 7.51. The molecule has 0 aliphatic rings. The Hall–Kier alpha value is -1.93. The molecule has 0 amide bonds. The van der Waals surface area contributed by atoms with Crippen molar-refractivity contribution in [3.8, 4) is 11.4 Å². The molecule has 1 aromatic heterocycles. The number of carboxylic acid groups (broad SMARTS) is 1. The van der Waals surface area contributed by atoms with Crippen LogP contribution in [0.3, 0.4) is 0 Å². The molecular weight excluding hydrogens is 328 g/mol. The fourth-order valence-electron chi connectivity index (χ4n) is 1.62. The molecule has 0 aliphatic carbocycles. The zero-order valence-corrected chi connectivity index (χ0v) is 12.2. The number of aliphatic carboxylic acids is 1. The van der Waals surface area contributed by atoms with Gasteiger partial charge in [0.05, 0.1) is 24.7 Å². The number of nitrogens with two attached hydrogens (primary N) is 1. The Kier molecular flexibility index (Phi) is 4.35. The van der Waals surface area contributed by atoms with E-state index < -0.39 is 12.0 Å². The number of methoxy groups -OCH3 is 1. The van der Waals surface area contributed by atoms with Crippen molar-refractivity contribution in [2.45, 2.75) is 12.5 Å². The van der Waals surface area contributed by atoms with Crippen molar-refractivity contribution < 1.29 is 14.6 Å². The highest BCUT2D eigenvalue weighted by molar-refractivity contribution is 9.10. The highest BCUT2D eigenvalue weighted by Gasteiger charge is 2.15. The molecule has 1 atom stereocenters. The van der Waals surface area contributed by atoms with Gasteiger partial charge in [0.2, 0.25) is 0 Å². The number of hydrogen-bond acceptors (Lipinski definition) is 5. The van der Waals surface area contributed by atoms with Crippen LogP contribution in [0.4, 0.5) is 0 Å². The molecular formula is C12H13BrN4O3. The van der Waals surface area contributed by atoms with Gasteiger partial charge in [-0.05, 0) is 28.1 Å². The zero-order valence-electron chi connectivity index (χ0n) is 10.7. The maximum atomic E-state index is 10.7. The van der Waals surface area contributed by atoms with E-state index in [2.05, 4.69) is 26.2 Å². The molecule has 8 heteroatoms. The van der Waals surface area contributed by atoms with E-state index in [0.717, 1.165) is 10.2 Å². The van der Waals surface area contributed by atoms with Crippen molar-refractivity contribution in [3.05, 3.63) is 34.6 Å². The van der Waals surface area contributed by atoms with E-state index in [4.69, 9.17) is 15.6 Å². The minimum atomic E-state index is -1.07. The first kappa shape index (κ1) is 14.5. The average molecular weight is 341 g/mol. The summed E-state index contributed by atoms with van der Waals surface area (Å²) in [5.74, 6) is -0.385. The lowest BCUT2D eigenvalue weighted by molar-refractivity contribution is -0.138. The van der Waals surface area contributed by atoms with Gasteiger partial charge in [0, 0.05) is 17.0 Å².